The molecule has 1 N–H and O–H groups in total. The molecule has 0 bridgehead atoms. The molecule has 3 heterocycles. The van der Waals surface area contributed by atoms with E-state index in [4.69, 9.17) is 0 Å². The van der Waals surface area contributed by atoms with E-state index in [1.807, 2.05) is 41.9 Å². The minimum Gasteiger partial charge on any atom is -0.306 e. The second kappa shape index (κ2) is 4.10. The Morgan fingerprint density at radius 2 is 2.22 bits per heavy atom. The summed E-state index contributed by atoms with van der Waals surface area (Å²) in [5.74, 6) is 0.517. The fourth-order valence-electron chi connectivity index (χ4n) is 1.86. The number of H-pyrrole nitrogens is 1. The van der Waals surface area contributed by atoms with Gasteiger partial charge in [-0.3, -0.25) is 4.79 Å². The smallest absolute Gasteiger partial charge is 0.251 e. The Morgan fingerprint density at radius 3 is 3.00 bits per heavy atom. The molecule has 5 nitrogen and oxygen atoms in total. The molecule has 0 radical (unpaired) electrons. The molecule has 0 aliphatic rings. The van der Waals surface area contributed by atoms with Gasteiger partial charge in [-0.1, -0.05) is 13.0 Å². The van der Waals surface area contributed by atoms with Crippen LogP contribution < -0.4 is 5.56 Å². The Kier molecular flexibility index (Phi) is 2.44. The Labute approximate surface area is 103 Å². The van der Waals surface area contributed by atoms with E-state index >= 15 is 0 Å². The van der Waals surface area contributed by atoms with Crippen molar-refractivity contribution in [1.82, 2.24) is 19.4 Å². The molecule has 0 atom stereocenters. The number of aryl methyl sites for hydroxylation is 1. The maximum Gasteiger partial charge on any atom is 0.251 e. The summed E-state index contributed by atoms with van der Waals surface area (Å²) < 4.78 is 1.90. The van der Waals surface area contributed by atoms with Crippen molar-refractivity contribution in [2.45, 2.75) is 13.3 Å². The summed E-state index contributed by atoms with van der Waals surface area (Å²) in [6, 6.07) is 7.27. The Morgan fingerprint density at radius 1 is 1.33 bits per heavy atom. The SMILES string of the molecule is CCc1cc(=O)[nH]c(-c2cn3ccccc3n2)n1. The number of hydrogen-bond donors (Lipinski definition) is 1. The molecule has 0 saturated heterocycles. The lowest BCUT2D eigenvalue weighted by Crippen LogP contribution is -2.10. The zero-order chi connectivity index (χ0) is 12.5. The van der Waals surface area contributed by atoms with Crippen LogP contribution in [0.15, 0.2) is 41.5 Å². The third-order valence-corrected chi connectivity index (χ3v) is 2.76. The molecule has 3 aromatic heterocycles. The van der Waals surface area contributed by atoms with E-state index < -0.39 is 0 Å². The predicted octanol–water partition coefficient (Wildman–Crippen LogP) is 1.65. The molecule has 0 amide bonds. The molecule has 3 rings (SSSR count). The average Bonchev–Trinajstić information content (AvgIpc) is 2.81. The van der Waals surface area contributed by atoms with Crippen LogP contribution in [0.3, 0.4) is 0 Å². The van der Waals surface area contributed by atoms with E-state index in [2.05, 4.69) is 15.0 Å². The maximum absolute atomic E-state index is 11.5. The summed E-state index contributed by atoms with van der Waals surface area (Å²) >= 11 is 0. The van der Waals surface area contributed by atoms with Crippen molar-refractivity contribution in [3.05, 3.63) is 52.7 Å². The highest BCUT2D eigenvalue weighted by Gasteiger charge is 2.07. The van der Waals surface area contributed by atoms with E-state index in [-0.39, 0.29) is 5.56 Å². The molecular formula is C13H12N4O. The van der Waals surface area contributed by atoms with Gasteiger partial charge in [-0.2, -0.15) is 0 Å². The minimum absolute atomic E-state index is 0.145. The van der Waals surface area contributed by atoms with Crippen molar-refractivity contribution in [3.63, 3.8) is 0 Å². The summed E-state index contributed by atoms with van der Waals surface area (Å²) in [6.07, 6.45) is 4.49. The van der Waals surface area contributed by atoms with Crippen LogP contribution in [-0.4, -0.2) is 19.4 Å². The van der Waals surface area contributed by atoms with Gasteiger partial charge in [-0.15, -0.1) is 0 Å². The highest BCUT2D eigenvalue weighted by atomic mass is 16.1. The van der Waals surface area contributed by atoms with Gasteiger partial charge in [0, 0.05) is 24.2 Å². The van der Waals surface area contributed by atoms with Gasteiger partial charge < -0.3 is 9.38 Å². The van der Waals surface area contributed by atoms with Crippen LogP contribution >= 0.6 is 0 Å². The number of pyridine rings is 1. The van der Waals surface area contributed by atoms with Crippen LogP contribution in [-0.2, 0) is 6.42 Å². The predicted molar refractivity (Wildman–Crippen MR) is 68.4 cm³/mol. The van der Waals surface area contributed by atoms with E-state index in [1.54, 1.807) is 0 Å². The van der Waals surface area contributed by atoms with E-state index in [1.165, 1.54) is 6.07 Å². The largest absolute Gasteiger partial charge is 0.306 e. The third-order valence-electron chi connectivity index (χ3n) is 2.76. The lowest BCUT2D eigenvalue weighted by Gasteiger charge is -1.98. The molecule has 0 unspecified atom stereocenters. The van der Waals surface area contributed by atoms with Crippen LogP contribution in [0.5, 0.6) is 0 Å². The summed E-state index contributed by atoms with van der Waals surface area (Å²) in [4.78, 5) is 23.1. The van der Waals surface area contributed by atoms with E-state index in [0.717, 1.165) is 17.8 Å². The maximum atomic E-state index is 11.5. The van der Waals surface area contributed by atoms with Crippen molar-refractivity contribution in [2.75, 3.05) is 0 Å². The normalized spacial score (nSPS) is 10.9. The molecule has 18 heavy (non-hydrogen) atoms. The zero-order valence-corrected chi connectivity index (χ0v) is 9.92. The monoisotopic (exact) mass is 240 g/mol. The fraction of sp³-hybridized carbons (Fsp3) is 0.154. The van der Waals surface area contributed by atoms with Gasteiger partial charge in [0.25, 0.3) is 5.56 Å². The van der Waals surface area contributed by atoms with Crippen molar-refractivity contribution >= 4 is 5.65 Å². The lowest BCUT2D eigenvalue weighted by molar-refractivity contribution is 0.982. The molecular weight excluding hydrogens is 228 g/mol. The Hall–Kier alpha value is -2.43. The van der Waals surface area contributed by atoms with Crippen LogP contribution in [0.1, 0.15) is 12.6 Å². The number of nitrogens with zero attached hydrogens (tertiary/aromatic N) is 3. The Balaban J connectivity index is 2.19. The van der Waals surface area contributed by atoms with Crippen molar-refractivity contribution in [2.24, 2.45) is 0 Å². The van der Waals surface area contributed by atoms with Crippen LogP contribution in [0.2, 0.25) is 0 Å². The van der Waals surface area contributed by atoms with Gasteiger partial charge in [-0.05, 0) is 18.6 Å². The van der Waals surface area contributed by atoms with Crippen molar-refractivity contribution in [3.8, 4) is 11.5 Å². The molecule has 0 aliphatic carbocycles. The van der Waals surface area contributed by atoms with Crippen LogP contribution in [0, 0.1) is 0 Å². The van der Waals surface area contributed by atoms with Crippen molar-refractivity contribution < 1.29 is 0 Å². The number of fused-ring (bicyclic) bond motifs is 1. The van der Waals surface area contributed by atoms with Gasteiger partial charge in [0.15, 0.2) is 5.82 Å². The molecule has 3 aromatic rings. The molecule has 0 aromatic carbocycles. The number of nitrogens with one attached hydrogen (secondary N) is 1. The summed E-state index contributed by atoms with van der Waals surface area (Å²) in [6.45, 7) is 1.97. The number of imidazole rings is 1. The van der Waals surface area contributed by atoms with Gasteiger partial charge in [0.1, 0.15) is 11.3 Å². The Bertz CT molecular complexity index is 724. The molecule has 0 fully saturated rings. The van der Waals surface area contributed by atoms with Crippen LogP contribution in [0.4, 0.5) is 0 Å². The molecule has 0 aliphatic heterocycles. The third kappa shape index (κ3) is 1.79. The molecule has 0 spiro atoms. The molecule has 5 heteroatoms. The number of rotatable bonds is 2. The van der Waals surface area contributed by atoms with E-state index in [9.17, 15) is 4.79 Å². The average molecular weight is 240 g/mol. The van der Waals surface area contributed by atoms with E-state index in [0.29, 0.717) is 11.5 Å². The van der Waals surface area contributed by atoms with Gasteiger partial charge in [-0.25, -0.2) is 9.97 Å². The van der Waals surface area contributed by atoms with Gasteiger partial charge >= 0.3 is 0 Å². The first kappa shape index (κ1) is 10.7. The highest BCUT2D eigenvalue weighted by Crippen LogP contribution is 2.14. The summed E-state index contributed by atoms with van der Waals surface area (Å²) in [7, 11) is 0. The first-order valence-corrected chi connectivity index (χ1v) is 5.80. The first-order valence-electron chi connectivity index (χ1n) is 5.80. The number of hydrogen-bond acceptors (Lipinski definition) is 3. The second-order valence-electron chi connectivity index (χ2n) is 4.03. The topological polar surface area (TPSA) is 63.0 Å². The molecule has 0 saturated carbocycles. The first-order chi connectivity index (χ1) is 8.76. The standard InChI is InChI=1S/C13H12N4O/c1-2-9-7-12(18)16-13(14-9)10-8-17-6-4-3-5-11(17)15-10/h3-8H,2H2,1H3,(H,14,16,18). The summed E-state index contributed by atoms with van der Waals surface area (Å²) in [5.41, 5.74) is 2.13. The number of aromatic amines is 1. The fourth-order valence-corrected chi connectivity index (χ4v) is 1.86. The molecule has 90 valence electrons. The second-order valence-corrected chi connectivity index (χ2v) is 4.03. The van der Waals surface area contributed by atoms with Gasteiger partial charge in [0.05, 0.1) is 0 Å². The highest BCUT2D eigenvalue weighted by molar-refractivity contribution is 5.55. The van der Waals surface area contributed by atoms with Gasteiger partial charge in [0.2, 0.25) is 0 Å². The minimum atomic E-state index is -0.145. The quantitative estimate of drug-likeness (QED) is 0.740. The van der Waals surface area contributed by atoms with Crippen LogP contribution in [0.25, 0.3) is 17.2 Å². The number of aromatic nitrogens is 4. The zero-order valence-electron chi connectivity index (χ0n) is 9.92. The lowest BCUT2D eigenvalue weighted by atomic mass is 10.3. The van der Waals surface area contributed by atoms with Crippen molar-refractivity contribution in [1.29, 1.82) is 0 Å². The summed E-state index contributed by atoms with van der Waals surface area (Å²) in [5, 5.41) is 0.